The molecule has 1 saturated heterocycles. The molecule has 1 aromatic rings. The Bertz CT molecular complexity index is 518. The van der Waals surface area contributed by atoms with Gasteiger partial charge in [0, 0.05) is 11.5 Å². The minimum Gasteiger partial charge on any atom is -0.299 e. The minimum absolute atomic E-state index is 0.0219. The lowest BCUT2D eigenvalue weighted by Gasteiger charge is -2.37. The third kappa shape index (κ3) is 3.11. The molecular formula is C15H24N4OS. The van der Waals surface area contributed by atoms with Crippen LogP contribution >= 0.6 is 11.3 Å². The normalized spacial score (nSPS) is 24.0. The summed E-state index contributed by atoms with van der Waals surface area (Å²) in [5.74, 6) is 0.0935. The van der Waals surface area contributed by atoms with Gasteiger partial charge in [-0.25, -0.2) is 0 Å². The van der Waals surface area contributed by atoms with Crippen molar-refractivity contribution in [2.24, 2.45) is 0 Å². The monoisotopic (exact) mass is 308 g/mol. The molecule has 21 heavy (non-hydrogen) atoms. The SMILES string of the molecule is CC(C)(C)c1nnc(NC(=O)[C@@H]2CCCN2C2CCC2)s1. The van der Waals surface area contributed by atoms with Gasteiger partial charge in [-0.05, 0) is 32.2 Å². The number of rotatable bonds is 3. The average Bonchev–Trinajstić information content (AvgIpc) is 2.94. The Morgan fingerprint density at radius 2 is 2.00 bits per heavy atom. The molecule has 1 atom stereocenters. The second-order valence-electron chi connectivity index (χ2n) is 7.13. The van der Waals surface area contributed by atoms with Gasteiger partial charge >= 0.3 is 0 Å². The van der Waals surface area contributed by atoms with Crippen LogP contribution in [0.4, 0.5) is 5.13 Å². The molecule has 2 heterocycles. The van der Waals surface area contributed by atoms with Crippen molar-refractivity contribution >= 4 is 22.4 Å². The topological polar surface area (TPSA) is 58.1 Å². The van der Waals surface area contributed by atoms with E-state index in [1.807, 2.05) is 0 Å². The highest BCUT2D eigenvalue weighted by atomic mass is 32.1. The van der Waals surface area contributed by atoms with E-state index in [9.17, 15) is 4.79 Å². The van der Waals surface area contributed by atoms with Crippen LogP contribution in [0, 0.1) is 0 Å². The van der Waals surface area contributed by atoms with E-state index < -0.39 is 0 Å². The molecule has 0 aromatic carbocycles. The fourth-order valence-electron chi connectivity index (χ4n) is 2.99. The predicted octanol–water partition coefficient (Wildman–Crippen LogP) is 2.79. The molecule has 2 aliphatic rings. The van der Waals surface area contributed by atoms with E-state index in [1.165, 1.54) is 30.6 Å². The quantitative estimate of drug-likeness (QED) is 0.933. The van der Waals surface area contributed by atoms with Gasteiger partial charge in [0.05, 0.1) is 6.04 Å². The number of nitrogens with zero attached hydrogens (tertiary/aromatic N) is 3. The smallest absolute Gasteiger partial charge is 0.243 e. The van der Waals surface area contributed by atoms with E-state index in [1.54, 1.807) is 0 Å². The molecule has 2 fully saturated rings. The van der Waals surface area contributed by atoms with Gasteiger partial charge < -0.3 is 0 Å². The van der Waals surface area contributed by atoms with Crippen LogP contribution in [0.1, 0.15) is 57.9 Å². The molecule has 1 saturated carbocycles. The molecule has 1 aliphatic carbocycles. The zero-order chi connectivity index (χ0) is 15.0. The van der Waals surface area contributed by atoms with Crippen molar-refractivity contribution in [2.75, 3.05) is 11.9 Å². The zero-order valence-electron chi connectivity index (χ0n) is 13.1. The summed E-state index contributed by atoms with van der Waals surface area (Å²) in [4.78, 5) is 14.9. The Labute approximate surface area is 130 Å². The summed E-state index contributed by atoms with van der Waals surface area (Å²) >= 11 is 1.48. The first-order chi connectivity index (χ1) is 9.95. The van der Waals surface area contributed by atoms with E-state index in [-0.39, 0.29) is 17.4 Å². The van der Waals surface area contributed by atoms with Crippen molar-refractivity contribution < 1.29 is 4.79 Å². The van der Waals surface area contributed by atoms with Gasteiger partial charge in [-0.1, -0.05) is 38.5 Å². The van der Waals surface area contributed by atoms with Crippen LogP contribution < -0.4 is 5.32 Å². The summed E-state index contributed by atoms with van der Waals surface area (Å²) in [5.41, 5.74) is -0.0219. The van der Waals surface area contributed by atoms with Gasteiger partial charge in [0.25, 0.3) is 0 Å². The standard InChI is InChI=1S/C15H24N4OS/c1-15(2,3)13-17-18-14(21-13)16-12(20)11-8-5-9-19(11)10-6-4-7-10/h10-11H,4-9H2,1-3H3,(H,16,18,20)/t11-/m0/s1. The van der Waals surface area contributed by atoms with Crippen molar-refractivity contribution in [3.05, 3.63) is 5.01 Å². The van der Waals surface area contributed by atoms with Crippen molar-refractivity contribution in [3.63, 3.8) is 0 Å². The maximum Gasteiger partial charge on any atom is 0.243 e. The lowest BCUT2D eigenvalue weighted by Crippen LogP contribution is -2.48. The molecule has 0 radical (unpaired) electrons. The number of anilines is 1. The summed E-state index contributed by atoms with van der Waals surface area (Å²) in [6.07, 6.45) is 5.89. The van der Waals surface area contributed by atoms with Crippen LogP contribution in [0.3, 0.4) is 0 Å². The minimum atomic E-state index is -0.0219. The Kier molecular flexibility index (Phi) is 4.01. The Morgan fingerprint density at radius 1 is 1.24 bits per heavy atom. The highest BCUT2D eigenvalue weighted by Gasteiger charge is 2.37. The molecular weight excluding hydrogens is 284 g/mol. The average molecular weight is 308 g/mol. The summed E-state index contributed by atoms with van der Waals surface area (Å²) in [5, 5.41) is 12.9. The highest BCUT2D eigenvalue weighted by Crippen LogP contribution is 2.32. The number of nitrogens with one attached hydrogen (secondary N) is 1. The predicted molar refractivity (Wildman–Crippen MR) is 84.6 cm³/mol. The number of hydrogen-bond donors (Lipinski definition) is 1. The number of aromatic nitrogens is 2. The van der Waals surface area contributed by atoms with Crippen molar-refractivity contribution in [1.29, 1.82) is 0 Å². The second kappa shape index (κ2) is 5.65. The molecule has 3 rings (SSSR count). The largest absolute Gasteiger partial charge is 0.299 e. The van der Waals surface area contributed by atoms with E-state index in [0.717, 1.165) is 24.4 Å². The van der Waals surface area contributed by atoms with E-state index in [0.29, 0.717) is 11.2 Å². The molecule has 1 amide bonds. The van der Waals surface area contributed by atoms with Crippen LogP contribution in [0.15, 0.2) is 0 Å². The maximum atomic E-state index is 12.5. The van der Waals surface area contributed by atoms with Gasteiger partial charge in [0.1, 0.15) is 5.01 Å². The summed E-state index contributed by atoms with van der Waals surface area (Å²) in [6, 6.07) is 0.653. The second-order valence-corrected chi connectivity index (χ2v) is 8.11. The Hall–Kier alpha value is -1.01. The Balaban J connectivity index is 1.64. The fourth-order valence-corrected chi connectivity index (χ4v) is 3.80. The van der Waals surface area contributed by atoms with E-state index >= 15 is 0 Å². The van der Waals surface area contributed by atoms with Crippen molar-refractivity contribution in [1.82, 2.24) is 15.1 Å². The Morgan fingerprint density at radius 3 is 2.57 bits per heavy atom. The maximum absolute atomic E-state index is 12.5. The van der Waals surface area contributed by atoms with Crippen LogP contribution in [-0.4, -0.2) is 39.6 Å². The lowest BCUT2D eigenvalue weighted by atomic mass is 9.91. The highest BCUT2D eigenvalue weighted by molar-refractivity contribution is 7.15. The summed E-state index contributed by atoms with van der Waals surface area (Å²) in [7, 11) is 0. The lowest BCUT2D eigenvalue weighted by molar-refractivity contribution is -0.121. The van der Waals surface area contributed by atoms with Crippen molar-refractivity contribution in [3.8, 4) is 0 Å². The molecule has 6 heteroatoms. The summed E-state index contributed by atoms with van der Waals surface area (Å²) in [6.45, 7) is 7.38. The van der Waals surface area contributed by atoms with Crippen LogP contribution in [0.5, 0.6) is 0 Å². The number of amides is 1. The van der Waals surface area contributed by atoms with E-state index in [2.05, 4.69) is 41.2 Å². The molecule has 1 aromatic heterocycles. The number of carbonyl (C=O) groups excluding carboxylic acids is 1. The van der Waals surface area contributed by atoms with Gasteiger partial charge in [-0.15, -0.1) is 10.2 Å². The van der Waals surface area contributed by atoms with Gasteiger partial charge in [0.2, 0.25) is 11.0 Å². The number of likely N-dealkylation sites (tertiary alicyclic amines) is 1. The third-order valence-corrected chi connectivity index (χ3v) is 5.70. The third-order valence-electron chi connectivity index (χ3n) is 4.44. The molecule has 0 bridgehead atoms. The van der Waals surface area contributed by atoms with Gasteiger partial charge in [-0.3, -0.25) is 15.0 Å². The molecule has 0 unspecified atom stereocenters. The zero-order valence-corrected chi connectivity index (χ0v) is 13.9. The first-order valence-electron chi connectivity index (χ1n) is 7.86. The molecule has 1 aliphatic heterocycles. The van der Waals surface area contributed by atoms with Gasteiger partial charge in [-0.2, -0.15) is 0 Å². The van der Waals surface area contributed by atoms with E-state index in [4.69, 9.17) is 0 Å². The summed E-state index contributed by atoms with van der Waals surface area (Å²) < 4.78 is 0. The molecule has 1 N–H and O–H groups in total. The van der Waals surface area contributed by atoms with Crippen LogP contribution in [0.2, 0.25) is 0 Å². The molecule has 116 valence electrons. The fraction of sp³-hybridized carbons (Fsp3) is 0.800. The molecule has 5 nitrogen and oxygen atoms in total. The number of hydrogen-bond acceptors (Lipinski definition) is 5. The van der Waals surface area contributed by atoms with Crippen LogP contribution in [-0.2, 0) is 10.2 Å². The first-order valence-corrected chi connectivity index (χ1v) is 8.67. The number of carbonyl (C=O) groups is 1. The first kappa shape index (κ1) is 14.9. The van der Waals surface area contributed by atoms with Crippen LogP contribution in [0.25, 0.3) is 0 Å². The van der Waals surface area contributed by atoms with Gasteiger partial charge in [0.15, 0.2) is 0 Å². The van der Waals surface area contributed by atoms with Crippen molar-refractivity contribution in [2.45, 2.75) is 70.4 Å². The molecule has 0 spiro atoms.